The molecule has 8 heteroatoms. The second-order valence-electron chi connectivity index (χ2n) is 6.57. The van der Waals surface area contributed by atoms with Gasteiger partial charge in [0.25, 0.3) is 0 Å². The van der Waals surface area contributed by atoms with Crippen LogP contribution in [-0.2, 0) is 9.84 Å². The fourth-order valence-electron chi connectivity index (χ4n) is 2.88. The number of benzene rings is 2. The fourth-order valence-corrected chi connectivity index (χ4v) is 3.51. The Balaban J connectivity index is 2.07. The molecule has 0 unspecified atom stereocenters. The number of carbonyl (C=O) groups excluding carboxylic acids is 1. The van der Waals surface area contributed by atoms with Crippen LogP contribution in [0.25, 0.3) is 16.9 Å². The standard InChI is InChI=1S/C21H22N2O5S/c1-28-17-9-7-16(8-10-17)23-20(14-19(22-23)21(25)4-3-13-24)15-5-11-18(12-6-15)29(2,26)27/h5-12,14,24H,3-4,13H2,1-2H3. The lowest BCUT2D eigenvalue weighted by Gasteiger charge is -2.09. The van der Waals surface area contributed by atoms with E-state index in [1.165, 1.54) is 12.1 Å². The van der Waals surface area contributed by atoms with Crippen LogP contribution in [0.4, 0.5) is 0 Å². The van der Waals surface area contributed by atoms with E-state index < -0.39 is 9.84 Å². The molecular weight excluding hydrogens is 392 g/mol. The molecule has 1 aromatic heterocycles. The lowest BCUT2D eigenvalue weighted by molar-refractivity contribution is 0.0966. The molecule has 0 aliphatic heterocycles. The zero-order valence-electron chi connectivity index (χ0n) is 16.2. The summed E-state index contributed by atoms with van der Waals surface area (Å²) in [5.41, 5.74) is 2.40. The molecule has 0 saturated carbocycles. The highest BCUT2D eigenvalue weighted by Crippen LogP contribution is 2.27. The number of hydrogen-bond acceptors (Lipinski definition) is 6. The van der Waals surface area contributed by atoms with Gasteiger partial charge in [-0.1, -0.05) is 12.1 Å². The highest BCUT2D eigenvalue weighted by atomic mass is 32.2. The first-order valence-electron chi connectivity index (χ1n) is 9.02. The summed E-state index contributed by atoms with van der Waals surface area (Å²) in [5, 5.41) is 13.4. The largest absolute Gasteiger partial charge is 0.497 e. The first-order chi connectivity index (χ1) is 13.8. The van der Waals surface area contributed by atoms with E-state index in [2.05, 4.69) is 5.10 Å². The molecule has 29 heavy (non-hydrogen) atoms. The van der Waals surface area contributed by atoms with Gasteiger partial charge in [0.1, 0.15) is 11.4 Å². The minimum atomic E-state index is -3.30. The maximum atomic E-state index is 12.4. The molecule has 3 aromatic rings. The number of Topliss-reactive ketones (excluding diaryl/α,β-unsaturated/α-hetero) is 1. The second kappa shape index (κ2) is 8.59. The molecule has 152 valence electrons. The molecule has 0 spiro atoms. The van der Waals surface area contributed by atoms with Crippen LogP contribution in [-0.4, -0.2) is 49.1 Å². The van der Waals surface area contributed by atoms with Crippen molar-refractivity contribution in [2.24, 2.45) is 0 Å². The van der Waals surface area contributed by atoms with Crippen molar-refractivity contribution in [3.05, 3.63) is 60.3 Å². The van der Waals surface area contributed by atoms with Crippen molar-refractivity contribution in [3.8, 4) is 22.7 Å². The van der Waals surface area contributed by atoms with Gasteiger partial charge < -0.3 is 9.84 Å². The Hall–Kier alpha value is -2.97. The van der Waals surface area contributed by atoms with Crippen LogP contribution in [0.2, 0.25) is 0 Å². The third-order valence-corrected chi connectivity index (χ3v) is 5.58. The van der Waals surface area contributed by atoms with E-state index in [9.17, 15) is 13.2 Å². The first-order valence-corrected chi connectivity index (χ1v) is 10.9. The number of aromatic nitrogens is 2. The van der Waals surface area contributed by atoms with E-state index in [1.807, 2.05) is 12.1 Å². The van der Waals surface area contributed by atoms with Crippen molar-refractivity contribution in [3.63, 3.8) is 0 Å². The van der Waals surface area contributed by atoms with Crippen molar-refractivity contribution in [1.29, 1.82) is 0 Å². The lowest BCUT2D eigenvalue weighted by Crippen LogP contribution is -2.04. The number of aliphatic hydroxyl groups excluding tert-OH is 1. The van der Waals surface area contributed by atoms with Crippen LogP contribution in [0.5, 0.6) is 5.75 Å². The Morgan fingerprint density at radius 1 is 1.10 bits per heavy atom. The third kappa shape index (κ3) is 4.72. The lowest BCUT2D eigenvalue weighted by atomic mass is 10.1. The van der Waals surface area contributed by atoms with E-state index >= 15 is 0 Å². The molecule has 0 aliphatic rings. The van der Waals surface area contributed by atoms with Crippen LogP contribution in [0.1, 0.15) is 23.3 Å². The number of nitrogens with zero attached hydrogens (tertiary/aromatic N) is 2. The zero-order valence-corrected chi connectivity index (χ0v) is 17.0. The van der Waals surface area contributed by atoms with Gasteiger partial charge in [-0.15, -0.1) is 0 Å². The minimum absolute atomic E-state index is 0.0647. The predicted molar refractivity (Wildman–Crippen MR) is 109 cm³/mol. The second-order valence-corrected chi connectivity index (χ2v) is 8.59. The number of methoxy groups -OCH3 is 1. The molecule has 0 aliphatic carbocycles. The topological polar surface area (TPSA) is 98.5 Å². The van der Waals surface area contributed by atoms with E-state index in [0.29, 0.717) is 17.9 Å². The number of ether oxygens (including phenoxy) is 1. The molecule has 0 amide bonds. The van der Waals surface area contributed by atoms with Gasteiger partial charge in [0, 0.05) is 24.8 Å². The molecule has 3 rings (SSSR count). The first kappa shape index (κ1) is 20.8. The smallest absolute Gasteiger partial charge is 0.183 e. The minimum Gasteiger partial charge on any atom is -0.497 e. The summed E-state index contributed by atoms with van der Waals surface area (Å²) < 4.78 is 30.3. The molecule has 2 aromatic carbocycles. The summed E-state index contributed by atoms with van der Waals surface area (Å²) in [7, 11) is -1.73. The van der Waals surface area contributed by atoms with Gasteiger partial charge in [0.15, 0.2) is 15.6 Å². The Morgan fingerprint density at radius 2 is 1.76 bits per heavy atom. The fraction of sp³-hybridized carbons (Fsp3) is 0.238. The summed E-state index contributed by atoms with van der Waals surface area (Å²) in [4.78, 5) is 12.7. The molecule has 0 radical (unpaired) electrons. The normalized spacial score (nSPS) is 11.4. The number of aliphatic hydroxyl groups is 1. The average Bonchev–Trinajstić information content (AvgIpc) is 3.17. The molecule has 0 bridgehead atoms. The van der Waals surface area contributed by atoms with Gasteiger partial charge in [0.2, 0.25) is 0 Å². The molecule has 0 saturated heterocycles. The van der Waals surface area contributed by atoms with Gasteiger partial charge in [0.05, 0.1) is 23.4 Å². The number of hydrogen-bond donors (Lipinski definition) is 1. The number of rotatable bonds is 8. The molecule has 7 nitrogen and oxygen atoms in total. The third-order valence-electron chi connectivity index (χ3n) is 4.45. The van der Waals surface area contributed by atoms with E-state index in [4.69, 9.17) is 9.84 Å². The van der Waals surface area contributed by atoms with Crippen LogP contribution in [0, 0.1) is 0 Å². The van der Waals surface area contributed by atoms with Gasteiger partial charge in [-0.2, -0.15) is 5.10 Å². The summed E-state index contributed by atoms with van der Waals surface area (Å²) in [6.45, 7) is -0.0647. The SMILES string of the molecule is COc1ccc(-n2nc(C(=O)CCCO)cc2-c2ccc(S(C)(=O)=O)cc2)cc1. The van der Waals surface area contributed by atoms with E-state index in [1.54, 1.807) is 42.1 Å². The van der Waals surface area contributed by atoms with Crippen molar-refractivity contribution in [2.45, 2.75) is 17.7 Å². The Kier molecular flexibility index (Phi) is 6.14. The Labute approximate surface area is 169 Å². The van der Waals surface area contributed by atoms with Crippen LogP contribution >= 0.6 is 0 Å². The summed E-state index contributed by atoms with van der Waals surface area (Å²) >= 11 is 0. The molecule has 0 fully saturated rings. The molecule has 0 atom stereocenters. The molecule has 1 N–H and O–H groups in total. The summed E-state index contributed by atoms with van der Waals surface area (Å²) in [5.74, 6) is 0.527. The number of ketones is 1. The number of carbonyl (C=O) groups is 1. The van der Waals surface area contributed by atoms with E-state index in [0.717, 1.165) is 17.5 Å². The maximum Gasteiger partial charge on any atom is 0.183 e. The van der Waals surface area contributed by atoms with Crippen molar-refractivity contribution in [1.82, 2.24) is 9.78 Å². The average molecular weight is 414 g/mol. The van der Waals surface area contributed by atoms with Crippen LogP contribution in [0.15, 0.2) is 59.5 Å². The quantitative estimate of drug-likeness (QED) is 0.569. The van der Waals surface area contributed by atoms with Gasteiger partial charge in [-0.3, -0.25) is 4.79 Å². The van der Waals surface area contributed by atoms with Gasteiger partial charge in [-0.05, 0) is 48.9 Å². The van der Waals surface area contributed by atoms with Crippen molar-refractivity contribution in [2.75, 3.05) is 20.0 Å². The van der Waals surface area contributed by atoms with Gasteiger partial charge in [-0.25, -0.2) is 13.1 Å². The van der Waals surface area contributed by atoms with Gasteiger partial charge >= 0.3 is 0 Å². The zero-order chi connectivity index (χ0) is 21.0. The Morgan fingerprint density at radius 3 is 2.31 bits per heavy atom. The predicted octanol–water partition coefficient (Wildman–Crippen LogP) is 2.91. The monoisotopic (exact) mass is 414 g/mol. The highest BCUT2D eigenvalue weighted by Gasteiger charge is 2.17. The van der Waals surface area contributed by atoms with Crippen molar-refractivity contribution < 1.29 is 23.1 Å². The molecular formula is C21H22N2O5S. The maximum absolute atomic E-state index is 12.4. The highest BCUT2D eigenvalue weighted by molar-refractivity contribution is 7.90. The van der Waals surface area contributed by atoms with E-state index in [-0.39, 0.29) is 29.4 Å². The summed E-state index contributed by atoms with van der Waals surface area (Å²) in [6, 6.07) is 15.3. The van der Waals surface area contributed by atoms with Crippen molar-refractivity contribution >= 4 is 15.6 Å². The number of sulfone groups is 1. The molecule has 1 heterocycles. The van der Waals surface area contributed by atoms with Crippen LogP contribution in [0.3, 0.4) is 0 Å². The Bertz CT molecular complexity index is 1100. The van der Waals surface area contributed by atoms with Crippen LogP contribution < -0.4 is 4.74 Å². The summed E-state index contributed by atoms with van der Waals surface area (Å²) in [6.07, 6.45) is 1.72.